The predicted octanol–water partition coefficient (Wildman–Crippen LogP) is 1.31. The third kappa shape index (κ3) is 3.66. The first-order valence-corrected chi connectivity index (χ1v) is 6.44. The van der Waals surface area contributed by atoms with E-state index in [1.54, 1.807) is 6.20 Å². The number of aromatic nitrogens is 2. The van der Waals surface area contributed by atoms with Crippen LogP contribution in [-0.2, 0) is 18.3 Å². The van der Waals surface area contributed by atoms with Crippen LogP contribution < -0.4 is 5.32 Å². The number of Topliss-reactive ketones (excluding diaryl/α,β-unsaturated/α-hetero) is 1. The molecule has 2 heterocycles. The van der Waals surface area contributed by atoms with Crippen molar-refractivity contribution in [3.8, 4) is 0 Å². The largest absolute Gasteiger partial charge is 0.338 e. The molecule has 1 N–H and O–H groups in total. The minimum atomic E-state index is 0.377. The second-order valence-corrected chi connectivity index (χ2v) is 4.91. The molecule has 4 nitrogen and oxygen atoms in total. The van der Waals surface area contributed by atoms with Gasteiger partial charge in [-0.25, -0.2) is 4.98 Å². The fourth-order valence-corrected chi connectivity index (χ4v) is 2.41. The molecule has 17 heavy (non-hydrogen) atoms. The zero-order chi connectivity index (χ0) is 12.1. The second kappa shape index (κ2) is 5.96. The number of imidazole rings is 1. The van der Waals surface area contributed by atoms with Crippen LogP contribution in [0.4, 0.5) is 0 Å². The van der Waals surface area contributed by atoms with Crippen molar-refractivity contribution in [3.63, 3.8) is 0 Å². The van der Waals surface area contributed by atoms with E-state index in [2.05, 4.69) is 10.3 Å². The molecule has 1 saturated heterocycles. The van der Waals surface area contributed by atoms with Crippen LogP contribution in [0.3, 0.4) is 0 Å². The maximum Gasteiger partial charge on any atom is 0.133 e. The van der Waals surface area contributed by atoms with E-state index < -0.39 is 0 Å². The molecule has 94 valence electrons. The molecule has 1 unspecified atom stereocenters. The van der Waals surface area contributed by atoms with Gasteiger partial charge in [0.15, 0.2) is 0 Å². The minimum absolute atomic E-state index is 0.377. The Morgan fingerprint density at radius 3 is 3.18 bits per heavy atom. The van der Waals surface area contributed by atoms with E-state index in [0.717, 1.165) is 31.8 Å². The Labute approximate surface area is 102 Å². The monoisotopic (exact) mass is 235 g/mol. The Hall–Kier alpha value is -1.16. The maximum absolute atomic E-state index is 11.9. The summed E-state index contributed by atoms with van der Waals surface area (Å²) in [6.07, 6.45) is 8.23. The van der Waals surface area contributed by atoms with Crippen LogP contribution in [0.5, 0.6) is 0 Å². The summed E-state index contributed by atoms with van der Waals surface area (Å²) < 4.78 is 1.98. The molecule has 1 aromatic heterocycles. The molecule has 2 rings (SSSR count). The van der Waals surface area contributed by atoms with Gasteiger partial charge in [-0.3, -0.25) is 4.79 Å². The molecule has 1 aliphatic rings. The van der Waals surface area contributed by atoms with Crippen LogP contribution in [0.15, 0.2) is 12.4 Å². The zero-order valence-electron chi connectivity index (χ0n) is 10.5. The van der Waals surface area contributed by atoms with E-state index in [0.29, 0.717) is 18.1 Å². The van der Waals surface area contributed by atoms with Gasteiger partial charge in [0.05, 0.1) is 0 Å². The molecule has 0 amide bonds. The highest BCUT2D eigenvalue weighted by molar-refractivity contribution is 5.78. The number of piperidine rings is 1. The average molecular weight is 235 g/mol. The van der Waals surface area contributed by atoms with E-state index in [9.17, 15) is 4.79 Å². The van der Waals surface area contributed by atoms with Gasteiger partial charge in [0.1, 0.15) is 11.6 Å². The van der Waals surface area contributed by atoms with Crippen LogP contribution in [0.25, 0.3) is 0 Å². The summed E-state index contributed by atoms with van der Waals surface area (Å²) in [6, 6.07) is 0. The third-order valence-electron chi connectivity index (χ3n) is 3.46. The highest BCUT2D eigenvalue weighted by Gasteiger charge is 2.16. The molecule has 0 radical (unpaired) electrons. The summed E-state index contributed by atoms with van der Waals surface area (Å²) in [4.78, 5) is 16.1. The fraction of sp³-hybridized carbons (Fsp3) is 0.692. The quantitative estimate of drug-likeness (QED) is 0.837. The zero-order valence-corrected chi connectivity index (χ0v) is 10.5. The van der Waals surface area contributed by atoms with E-state index in [1.165, 1.54) is 12.8 Å². The molecule has 1 atom stereocenters. The van der Waals surface area contributed by atoms with Crippen LogP contribution >= 0.6 is 0 Å². The number of carbonyl (C=O) groups excluding carboxylic acids is 1. The highest BCUT2D eigenvalue weighted by atomic mass is 16.1. The lowest BCUT2D eigenvalue weighted by Gasteiger charge is -2.21. The lowest BCUT2D eigenvalue weighted by atomic mass is 9.93. The van der Waals surface area contributed by atoms with Crippen LogP contribution in [-0.4, -0.2) is 28.4 Å². The van der Waals surface area contributed by atoms with Crippen LogP contribution in [0.2, 0.25) is 0 Å². The van der Waals surface area contributed by atoms with Gasteiger partial charge in [-0.2, -0.15) is 0 Å². The van der Waals surface area contributed by atoms with Crippen molar-refractivity contribution < 1.29 is 4.79 Å². The standard InChI is InChI=1S/C13H21N3O/c1-16-8-7-15-13(16)5-4-12(17)9-11-3-2-6-14-10-11/h7-8,11,14H,2-6,9-10H2,1H3. The lowest BCUT2D eigenvalue weighted by Crippen LogP contribution is -2.31. The Morgan fingerprint density at radius 1 is 1.65 bits per heavy atom. The predicted molar refractivity (Wildman–Crippen MR) is 66.7 cm³/mol. The molecule has 4 heteroatoms. The average Bonchev–Trinajstić information content (AvgIpc) is 2.74. The molecular formula is C13H21N3O. The van der Waals surface area contributed by atoms with Crippen molar-refractivity contribution in [1.82, 2.24) is 14.9 Å². The summed E-state index contributed by atoms with van der Waals surface area (Å²) >= 11 is 0. The van der Waals surface area contributed by atoms with E-state index in [-0.39, 0.29) is 0 Å². The summed E-state index contributed by atoms with van der Waals surface area (Å²) in [5, 5.41) is 3.35. The molecule has 0 bridgehead atoms. The summed E-state index contributed by atoms with van der Waals surface area (Å²) in [5.74, 6) is 1.93. The summed E-state index contributed by atoms with van der Waals surface area (Å²) in [7, 11) is 1.97. The fourth-order valence-electron chi connectivity index (χ4n) is 2.41. The van der Waals surface area contributed by atoms with Crippen LogP contribution in [0.1, 0.15) is 31.5 Å². The first-order valence-electron chi connectivity index (χ1n) is 6.44. The highest BCUT2D eigenvalue weighted by Crippen LogP contribution is 2.15. The molecule has 0 aliphatic carbocycles. The number of nitrogens with one attached hydrogen (secondary N) is 1. The summed E-state index contributed by atoms with van der Waals surface area (Å²) in [5.41, 5.74) is 0. The van der Waals surface area contributed by atoms with Gasteiger partial charge in [-0.05, 0) is 31.8 Å². The van der Waals surface area contributed by atoms with Gasteiger partial charge in [-0.1, -0.05) is 0 Å². The van der Waals surface area contributed by atoms with Gasteiger partial charge in [0.25, 0.3) is 0 Å². The third-order valence-corrected chi connectivity index (χ3v) is 3.46. The first-order chi connectivity index (χ1) is 8.25. The number of rotatable bonds is 5. The smallest absolute Gasteiger partial charge is 0.133 e. The van der Waals surface area contributed by atoms with Gasteiger partial charge in [0.2, 0.25) is 0 Å². The van der Waals surface area contributed by atoms with E-state index in [4.69, 9.17) is 0 Å². The van der Waals surface area contributed by atoms with Crippen molar-refractivity contribution in [2.24, 2.45) is 13.0 Å². The molecule has 0 aromatic carbocycles. The van der Waals surface area contributed by atoms with Crippen molar-refractivity contribution in [1.29, 1.82) is 0 Å². The number of ketones is 1. The van der Waals surface area contributed by atoms with Gasteiger partial charge < -0.3 is 9.88 Å². The van der Waals surface area contributed by atoms with E-state index in [1.807, 2.05) is 17.8 Å². The molecule has 1 aromatic rings. The van der Waals surface area contributed by atoms with Crippen LogP contribution in [0, 0.1) is 5.92 Å². The van der Waals surface area contributed by atoms with Crippen molar-refractivity contribution in [2.75, 3.05) is 13.1 Å². The minimum Gasteiger partial charge on any atom is -0.338 e. The molecular weight excluding hydrogens is 214 g/mol. The lowest BCUT2D eigenvalue weighted by molar-refractivity contribution is -0.120. The Kier molecular flexibility index (Phi) is 4.31. The maximum atomic E-state index is 11.9. The number of carbonyl (C=O) groups is 1. The molecule has 0 spiro atoms. The second-order valence-electron chi connectivity index (χ2n) is 4.91. The van der Waals surface area contributed by atoms with Gasteiger partial charge in [-0.15, -0.1) is 0 Å². The Morgan fingerprint density at radius 2 is 2.53 bits per heavy atom. The van der Waals surface area contributed by atoms with E-state index >= 15 is 0 Å². The SMILES string of the molecule is Cn1ccnc1CCC(=O)CC1CCCNC1. The first kappa shape index (κ1) is 12.3. The number of hydrogen-bond donors (Lipinski definition) is 1. The number of nitrogens with zero attached hydrogens (tertiary/aromatic N) is 2. The van der Waals surface area contributed by atoms with Gasteiger partial charge in [0, 0.05) is 38.7 Å². The summed E-state index contributed by atoms with van der Waals surface area (Å²) in [6.45, 7) is 2.12. The molecule has 1 fully saturated rings. The number of aryl methyl sites for hydroxylation is 2. The molecule has 1 aliphatic heterocycles. The van der Waals surface area contributed by atoms with Crippen molar-refractivity contribution in [2.45, 2.75) is 32.1 Å². The normalized spacial score (nSPS) is 20.4. The van der Waals surface area contributed by atoms with Crippen molar-refractivity contribution in [3.05, 3.63) is 18.2 Å². The van der Waals surface area contributed by atoms with Gasteiger partial charge >= 0.3 is 0 Å². The Bertz CT molecular complexity index is 366. The molecule has 0 saturated carbocycles. The number of hydrogen-bond acceptors (Lipinski definition) is 3. The topological polar surface area (TPSA) is 46.9 Å². The van der Waals surface area contributed by atoms with Crippen molar-refractivity contribution >= 4 is 5.78 Å². The Balaban J connectivity index is 1.72.